The van der Waals surface area contributed by atoms with Crippen molar-refractivity contribution in [3.05, 3.63) is 71.5 Å². The molecule has 32 heavy (non-hydrogen) atoms. The third kappa shape index (κ3) is 7.71. The van der Waals surface area contributed by atoms with Crippen molar-refractivity contribution in [3.63, 3.8) is 0 Å². The lowest BCUT2D eigenvalue weighted by Crippen LogP contribution is -2.48. The van der Waals surface area contributed by atoms with Gasteiger partial charge in [-0.2, -0.15) is 0 Å². The molecule has 3 rings (SSSR count). The molecule has 7 heteroatoms. The molecule has 1 aliphatic heterocycles. The highest BCUT2D eigenvalue weighted by molar-refractivity contribution is 14.0. The van der Waals surface area contributed by atoms with Crippen LogP contribution >= 0.6 is 24.0 Å². The molecule has 0 saturated carbocycles. The van der Waals surface area contributed by atoms with E-state index in [0.29, 0.717) is 19.8 Å². The molecule has 2 N–H and O–H groups in total. The summed E-state index contributed by atoms with van der Waals surface area (Å²) >= 11 is 0. The van der Waals surface area contributed by atoms with Gasteiger partial charge in [0.1, 0.15) is 5.82 Å². The first kappa shape index (κ1) is 26.5. The van der Waals surface area contributed by atoms with Gasteiger partial charge in [0, 0.05) is 45.4 Å². The topological polar surface area (TPSA) is 54.9 Å². The summed E-state index contributed by atoms with van der Waals surface area (Å²) in [4.78, 5) is 4.35. The Balaban J connectivity index is 0.00000363. The molecular formula is C25H35FIN3O2. The quantitative estimate of drug-likeness (QED) is 0.202. The van der Waals surface area contributed by atoms with Crippen LogP contribution < -0.4 is 10.6 Å². The Bertz CT molecular complexity index is 812. The second kappa shape index (κ2) is 13.7. The summed E-state index contributed by atoms with van der Waals surface area (Å²) in [7, 11) is 1.78. The van der Waals surface area contributed by atoms with E-state index in [1.54, 1.807) is 7.05 Å². The van der Waals surface area contributed by atoms with Gasteiger partial charge in [0.05, 0.1) is 6.10 Å². The molecule has 0 radical (unpaired) electrons. The third-order valence-electron chi connectivity index (χ3n) is 5.97. The van der Waals surface area contributed by atoms with E-state index in [-0.39, 0.29) is 41.3 Å². The first-order valence-electron chi connectivity index (χ1n) is 11.1. The maximum atomic E-state index is 13.4. The number of hydrogen-bond acceptors (Lipinski definition) is 3. The largest absolute Gasteiger partial charge is 0.381 e. The van der Waals surface area contributed by atoms with Crippen molar-refractivity contribution in [2.75, 3.05) is 40.0 Å². The van der Waals surface area contributed by atoms with Crippen molar-refractivity contribution >= 4 is 29.9 Å². The fraction of sp³-hybridized carbons (Fsp3) is 0.480. The molecule has 2 aromatic carbocycles. The smallest absolute Gasteiger partial charge is 0.191 e. The van der Waals surface area contributed by atoms with Gasteiger partial charge in [-0.05, 0) is 49.4 Å². The Hall–Kier alpha value is -1.71. The summed E-state index contributed by atoms with van der Waals surface area (Å²) in [5, 5.41) is 6.84. The molecule has 1 atom stereocenters. The van der Waals surface area contributed by atoms with Crippen molar-refractivity contribution in [2.24, 2.45) is 4.99 Å². The molecule has 1 saturated heterocycles. The number of aliphatic imine (C=N–C) groups is 1. The molecule has 0 amide bonds. The summed E-state index contributed by atoms with van der Waals surface area (Å²) in [6, 6.07) is 17.1. The van der Waals surface area contributed by atoms with E-state index in [1.165, 1.54) is 17.7 Å². The molecule has 1 heterocycles. The zero-order valence-corrected chi connectivity index (χ0v) is 21.3. The van der Waals surface area contributed by atoms with Gasteiger partial charge < -0.3 is 20.1 Å². The predicted octanol–water partition coefficient (Wildman–Crippen LogP) is 4.82. The highest BCUT2D eigenvalue weighted by Gasteiger charge is 2.34. The molecular weight excluding hydrogens is 520 g/mol. The molecule has 1 fully saturated rings. The van der Waals surface area contributed by atoms with Crippen molar-refractivity contribution in [3.8, 4) is 0 Å². The summed E-state index contributed by atoms with van der Waals surface area (Å²) in [5.74, 6) is 0.560. The van der Waals surface area contributed by atoms with Crippen LogP contribution in [0, 0.1) is 5.82 Å². The highest BCUT2D eigenvalue weighted by atomic mass is 127. The maximum absolute atomic E-state index is 13.4. The number of hydrogen-bond donors (Lipinski definition) is 2. The van der Waals surface area contributed by atoms with Crippen LogP contribution in [0.25, 0.3) is 0 Å². The van der Waals surface area contributed by atoms with Gasteiger partial charge in [-0.25, -0.2) is 4.39 Å². The summed E-state index contributed by atoms with van der Waals surface area (Å²) in [6.45, 7) is 5.67. The lowest BCUT2D eigenvalue weighted by atomic mass is 9.74. The Labute approximate surface area is 208 Å². The second-order valence-electron chi connectivity index (χ2n) is 8.03. The van der Waals surface area contributed by atoms with Gasteiger partial charge in [-0.3, -0.25) is 4.99 Å². The van der Waals surface area contributed by atoms with Crippen molar-refractivity contribution in [1.82, 2.24) is 10.6 Å². The van der Waals surface area contributed by atoms with E-state index in [2.05, 4.69) is 34.7 Å². The van der Waals surface area contributed by atoms with E-state index in [9.17, 15) is 4.39 Å². The summed E-state index contributed by atoms with van der Waals surface area (Å²) in [5.41, 5.74) is 2.25. The van der Waals surface area contributed by atoms with Crippen LogP contribution in [0.15, 0.2) is 59.6 Å². The molecule has 176 valence electrons. The maximum Gasteiger partial charge on any atom is 0.191 e. The normalized spacial score (nSPS) is 16.7. The molecule has 2 aromatic rings. The number of nitrogens with zero attached hydrogens (tertiary/aromatic N) is 1. The SMILES string of the molecule is CN=C(NCCCOC(C)c1ccccc1)NCC1(c2ccc(F)cc2)CCOCC1.I. The van der Waals surface area contributed by atoms with Crippen LogP contribution in [0.1, 0.15) is 43.4 Å². The number of halogens is 2. The Kier molecular flexibility index (Phi) is 11.4. The fourth-order valence-electron chi connectivity index (χ4n) is 3.97. The van der Waals surface area contributed by atoms with Gasteiger partial charge in [-0.15, -0.1) is 24.0 Å². The second-order valence-corrected chi connectivity index (χ2v) is 8.03. The molecule has 0 spiro atoms. The van der Waals surface area contributed by atoms with Gasteiger partial charge in [-0.1, -0.05) is 42.5 Å². The Morgan fingerprint density at radius 1 is 1.09 bits per heavy atom. The van der Waals surface area contributed by atoms with E-state index in [0.717, 1.165) is 43.9 Å². The minimum Gasteiger partial charge on any atom is -0.381 e. The summed E-state index contributed by atoms with van der Waals surface area (Å²) < 4.78 is 24.9. The number of ether oxygens (including phenoxy) is 2. The first-order valence-corrected chi connectivity index (χ1v) is 11.1. The van der Waals surface area contributed by atoms with Crippen molar-refractivity contribution in [1.29, 1.82) is 0 Å². The van der Waals surface area contributed by atoms with Crippen LogP contribution in [0.5, 0.6) is 0 Å². The minimum absolute atomic E-state index is 0. The van der Waals surface area contributed by atoms with Crippen LogP contribution in [0.3, 0.4) is 0 Å². The van der Waals surface area contributed by atoms with Crippen molar-refractivity contribution in [2.45, 2.75) is 37.7 Å². The molecule has 1 unspecified atom stereocenters. The van der Waals surface area contributed by atoms with E-state index in [4.69, 9.17) is 9.47 Å². The third-order valence-corrected chi connectivity index (χ3v) is 5.97. The Morgan fingerprint density at radius 3 is 2.44 bits per heavy atom. The zero-order chi connectivity index (χ0) is 21.9. The van der Waals surface area contributed by atoms with Crippen LogP contribution in [0.4, 0.5) is 4.39 Å². The predicted molar refractivity (Wildman–Crippen MR) is 138 cm³/mol. The van der Waals surface area contributed by atoms with Gasteiger partial charge in [0.25, 0.3) is 0 Å². The molecule has 0 aromatic heterocycles. The number of guanidine groups is 1. The van der Waals surface area contributed by atoms with Gasteiger partial charge >= 0.3 is 0 Å². The molecule has 0 bridgehead atoms. The molecule has 1 aliphatic rings. The van der Waals surface area contributed by atoms with E-state index < -0.39 is 0 Å². The van der Waals surface area contributed by atoms with Gasteiger partial charge in [0.2, 0.25) is 0 Å². The fourth-order valence-corrected chi connectivity index (χ4v) is 3.97. The summed E-state index contributed by atoms with van der Waals surface area (Å²) in [6.07, 6.45) is 2.76. The monoisotopic (exact) mass is 555 g/mol. The number of nitrogens with one attached hydrogen (secondary N) is 2. The average molecular weight is 555 g/mol. The van der Waals surface area contributed by atoms with E-state index >= 15 is 0 Å². The highest BCUT2D eigenvalue weighted by Crippen LogP contribution is 2.34. The Morgan fingerprint density at radius 2 is 1.78 bits per heavy atom. The standard InChI is InChI=1S/C25H34FN3O2.HI/c1-20(21-7-4-3-5-8-21)31-16-6-15-28-24(27-2)29-19-25(13-17-30-18-14-25)22-9-11-23(26)12-10-22;/h3-5,7-12,20H,6,13-19H2,1-2H3,(H2,27,28,29);1H. The molecule has 5 nitrogen and oxygen atoms in total. The average Bonchev–Trinajstić information content (AvgIpc) is 2.82. The van der Waals surface area contributed by atoms with E-state index in [1.807, 2.05) is 30.3 Å². The van der Waals surface area contributed by atoms with Crippen LogP contribution in [0.2, 0.25) is 0 Å². The zero-order valence-electron chi connectivity index (χ0n) is 19.0. The first-order chi connectivity index (χ1) is 15.1. The molecule has 0 aliphatic carbocycles. The number of rotatable bonds is 9. The number of benzene rings is 2. The minimum atomic E-state index is -0.208. The van der Waals surface area contributed by atoms with Crippen molar-refractivity contribution < 1.29 is 13.9 Å². The van der Waals surface area contributed by atoms with Gasteiger partial charge in [0.15, 0.2) is 5.96 Å². The lowest BCUT2D eigenvalue weighted by Gasteiger charge is -2.38. The van der Waals surface area contributed by atoms with Crippen LogP contribution in [-0.2, 0) is 14.9 Å². The lowest BCUT2D eigenvalue weighted by molar-refractivity contribution is 0.0513. The van der Waals surface area contributed by atoms with Crippen LogP contribution in [-0.4, -0.2) is 45.9 Å².